The molecule has 0 N–H and O–H groups in total. The zero-order chi connectivity index (χ0) is 19.3. The average molecular weight is 430 g/mol. The Morgan fingerprint density at radius 2 is 1.85 bits per heavy atom. The summed E-state index contributed by atoms with van der Waals surface area (Å²) in [5, 5.41) is 2.37. The summed E-state index contributed by atoms with van der Waals surface area (Å²) in [5.41, 5.74) is 0. The van der Waals surface area contributed by atoms with E-state index in [4.69, 9.17) is 21.1 Å². The molecule has 1 aliphatic heterocycles. The van der Waals surface area contributed by atoms with Gasteiger partial charge in [-0.2, -0.15) is 4.31 Å². The SMILES string of the molecule is O=C(OCCOc1ccc(Cl)cc1)C1CCN(S(=O)(=O)c2cccs2)CC1. The first-order valence-electron chi connectivity index (χ1n) is 8.55. The lowest BCUT2D eigenvalue weighted by atomic mass is 9.98. The van der Waals surface area contributed by atoms with Gasteiger partial charge >= 0.3 is 5.97 Å². The van der Waals surface area contributed by atoms with Crippen LogP contribution in [-0.2, 0) is 19.6 Å². The smallest absolute Gasteiger partial charge is 0.309 e. The van der Waals surface area contributed by atoms with E-state index in [1.54, 1.807) is 41.8 Å². The van der Waals surface area contributed by atoms with Crippen LogP contribution in [0.5, 0.6) is 5.75 Å². The van der Waals surface area contributed by atoms with Gasteiger partial charge in [-0.1, -0.05) is 17.7 Å². The van der Waals surface area contributed by atoms with Crippen LogP contribution < -0.4 is 4.74 Å². The van der Waals surface area contributed by atoms with Gasteiger partial charge in [-0.3, -0.25) is 4.79 Å². The molecule has 2 heterocycles. The maximum atomic E-state index is 12.5. The average Bonchev–Trinajstić information content (AvgIpc) is 3.22. The molecule has 1 aromatic carbocycles. The number of piperidine rings is 1. The van der Waals surface area contributed by atoms with Crippen molar-refractivity contribution in [2.45, 2.75) is 17.1 Å². The number of hydrogen-bond acceptors (Lipinski definition) is 6. The van der Waals surface area contributed by atoms with E-state index in [2.05, 4.69) is 0 Å². The van der Waals surface area contributed by atoms with Crippen LogP contribution in [0.1, 0.15) is 12.8 Å². The second-order valence-corrected chi connectivity index (χ2v) is 9.63. The maximum Gasteiger partial charge on any atom is 0.309 e. The van der Waals surface area contributed by atoms with Crippen molar-refractivity contribution < 1.29 is 22.7 Å². The third-order valence-corrected chi connectivity index (χ3v) is 7.81. The zero-order valence-electron chi connectivity index (χ0n) is 14.5. The van der Waals surface area contributed by atoms with Crippen molar-refractivity contribution in [2.24, 2.45) is 5.92 Å². The number of sulfonamides is 1. The van der Waals surface area contributed by atoms with Gasteiger partial charge in [0, 0.05) is 18.1 Å². The van der Waals surface area contributed by atoms with Gasteiger partial charge in [0.15, 0.2) is 0 Å². The van der Waals surface area contributed by atoms with Crippen molar-refractivity contribution >= 4 is 38.9 Å². The van der Waals surface area contributed by atoms with E-state index < -0.39 is 10.0 Å². The largest absolute Gasteiger partial charge is 0.490 e. The van der Waals surface area contributed by atoms with E-state index in [-0.39, 0.29) is 25.1 Å². The van der Waals surface area contributed by atoms with E-state index in [1.807, 2.05) is 0 Å². The lowest BCUT2D eigenvalue weighted by Crippen LogP contribution is -2.40. The minimum atomic E-state index is -3.45. The molecule has 1 aliphatic rings. The molecule has 3 rings (SSSR count). The molecule has 0 aliphatic carbocycles. The molecule has 0 bridgehead atoms. The van der Waals surface area contributed by atoms with E-state index in [1.165, 1.54) is 15.6 Å². The summed E-state index contributed by atoms with van der Waals surface area (Å²) in [6, 6.07) is 10.2. The number of benzene rings is 1. The Kier molecular flexibility index (Phi) is 6.75. The van der Waals surface area contributed by atoms with Gasteiger partial charge in [-0.15, -0.1) is 11.3 Å². The molecular formula is C18H20ClNO5S2. The minimum Gasteiger partial charge on any atom is -0.490 e. The Hall–Kier alpha value is -1.61. The standard InChI is InChI=1S/C18H20ClNO5S2/c19-15-3-5-16(6-4-15)24-11-12-25-18(21)14-7-9-20(10-8-14)27(22,23)17-2-1-13-26-17/h1-6,13-14H,7-12H2. The molecule has 1 fully saturated rings. The van der Waals surface area contributed by atoms with Gasteiger partial charge in [0.25, 0.3) is 10.0 Å². The molecule has 6 nitrogen and oxygen atoms in total. The van der Waals surface area contributed by atoms with E-state index in [0.29, 0.717) is 40.9 Å². The van der Waals surface area contributed by atoms with E-state index >= 15 is 0 Å². The van der Waals surface area contributed by atoms with Gasteiger partial charge < -0.3 is 9.47 Å². The first-order valence-corrected chi connectivity index (χ1v) is 11.3. The fraction of sp³-hybridized carbons (Fsp3) is 0.389. The molecule has 0 unspecified atom stereocenters. The predicted octanol–water partition coefficient (Wildman–Crippen LogP) is 3.42. The third kappa shape index (κ3) is 5.22. The fourth-order valence-corrected chi connectivity index (χ4v) is 5.56. The molecule has 1 saturated heterocycles. The monoisotopic (exact) mass is 429 g/mol. The Morgan fingerprint density at radius 1 is 1.15 bits per heavy atom. The van der Waals surface area contributed by atoms with Crippen molar-refractivity contribution in [3.8, 4) is 5.75 Å². The lowest BCUT2D eigenvalue weighted by Gasteiger charge is -2.29. The van der Waals surface area contributed by atoms with Crippen LogP contribution in [0.2, 0.25) is 5.02 Å². The van der Waals surface area contributed by atoms with Crippen molar-refractivity contribution in [2.75, 3.05) is 26.3 Å². The maximum absolute atomic E-state index is 12.5. The van der Waals surface area contributed by atoms with Crippen molar-refractivity contribution in [1.82, 2.24) is 4.31 Å². The number of nitrogens with zero attached hydrogens (tertiary/aromatic N) is 1. The van der Waals surface area contributed by atoms with Gasteiger partial charge in [0.2, 0.25) is 0 Å². The second-order valence-electron chi connectivity index (χ2n) is 6.08. The predicted molar refractivity (Wildman–Crippen MR) is 104 cm³/mol. The van der Waals surface area contributed by atoms with E-state index in [9.17, 15) is 13.2 Å². The fourth-order valence-electron chi connectivity index (χ4n) is 2.82. The highest BCUT2D eigenvalue weighted by atomic mass is 35.5. The number of carbonyl (C=O) groups is 1. The van der Waals surface area contributed by atoms with E-state index in [0.717, 1.165) is 0 Å². The molecule has 2 aromatic rings. The van der Waals surface area contributed by atoms with Gasteiger partial charge in [-0.25, -0.2) is 8.42 Å². The molecule has 0 saturated carbocycles. The Balaban J connectivity index is 1.40. The Morgan fingerprint density at radius 3 is 2.48 bits per heavy atom. The topological polar surface area (TPSA) is 72.9 Å². The molecule has 27 heavy (non-hydrogen) atoms. The number of halogens is 1. The first-order chi connectivity index (χ1) is 13.0. The second kappa shape index (κ2) is 9.05. The number of thiophene rings is 1. The summed E-state index contributed by atoms with van der Waals surface area (Å²) in [7, 11) is -3.45. The summed E-state index contributed by atoms with van der Waals surface area (Å²) in [5.74, 6) is 0.0701. The summed E-state index contributed by atoms with van der Waals surface area (Å²) in [6.45, 7) is 1.04. The molecule has 0 atom stereocenters. The molecule has 0 spiro atoms. The normalized spacial score (nSPS) is 16.2. The summed E-state index contributed by atoms with van der Waals surface area (Å²) in [6.07, 6.45) is 0.920. The highest BCUT2D eigenvalue weighted by Crippen LogP contribution is 2.26. The molecule has 0 amide bonds. The van der Waals surface area contributed by atoms with Gasteiger partial charge in [0.05, 0.1) is 5.92 Å². The van der Waals surface area contributed by atoms with Crippen LogP contribution in [0.25, 0.3) is 0 Å². The quantitative estimate of drug-likeness (QED) is 0.498. The molecular weight excluding hydrogens is 410 g/mol. The van der Waals surface area contributed by atoms with Crippen LogP contribution in [-0.4, -0.2) is 45.0 Å². The van der Waals surface area contributed by atoms with Crippen LogP contribution >= 0.6 is 22.9 Å². The molecule has 1 aromatic heterocycles. The molecule has 9 heteroatoms. The Bertz CT molecular complexity index is 844. The highest BCUT2D eigenvalue weighted by Gasteiger charge is 2.33. The minimum absolute atomic E-state index is 0.148. The summed E-state index contributed by atoms with van der Waals surface area (Å²) < 4.78 is 37.5. The highest BCUT2D eigenvalue weighted by molar-refractivity contribution is 7.91. The van der Waals surface area contributed by atoms with Gasteiger partial charge in [-0.05, 0) is 48.6 Å². The summed E-state index contributed by atoms with van der Waals surface area (Å²) >= 11 is 7.00. The van der Waals surface area contributed by atoms with Gasteiger partial charge in [0.1, 0.15) is 23.2 Å². The van der Waals surface area contributed by atoms with Crippen molar-refractivity contribution in [3.63, 3.8) is 0 Å². The Labute approximate surface area is 167 Å². The van der Waals surface area contributed by atoms with Crippen molar-refractivity contribution in [3.05, 3.63) is 46.8 Å². The first kappa shape index (κ1) is 20.1. The lowest BCUT2D eigenvalue weighted by molar-refractivity contribution is -0.150. The molecule has 0 radical (unpaired) electrons. The number of hydrogen-bond donors (Lipinski definition) is 0. The van der Waals surface area contributed by atoms with Crippen LogP contribution in [0.3, 0.4) is 0 Å². The number of ether oxygens (including phenoxy) is 2. The number of esters is 1. The van der Waals surface area contributed by atoms with Crippen molar-refractivity contribution in [1.29, 1.82) is 0 Å². The number of rotatable bonds is 7. The molecule has 146 valence electrons. The van der Waals surface area contributed by atoms with Crippen LogP contribution in [0.15, 0.2) is 46.0 Å². The zero-order valence-corrected chi connectivity index (χ0v) is 16.9. The number of carbonyl (C=O) groups excluding carboxylic acids is 1. The third-order valence-electron chi connectivity index (χ3n) is 4.29. The summed E-state index contributed by atoms with van der Waals surface area (Å²) in [4.78, 5) is 12.2. The van der Waals surface area contributed by atoms with Crippen LogP contribution in [0.4, 0.5) is 0 Å². The van der Waals surface area contributed by atoms with Crippen LogP contribution in [0, 0.1) is 5.92 Å².